The van der Waals surface area contributed by atoms with Crippen LogP contribution in [-0.4, -0.2) is 27.3 Å². The van der Waals surface area contributed by atoms with Crippen molar-refractivity contribution in [2.75, 3.05) is 11.9 Å². The summed E-state index contributed by atoms with van der Waals surface area (Å²) in [5.41, 5.74) is 3.85. The van der Waals surface area contributed by atoms with Crippen molar-refractivity contribution < 1.29 is 9.18 Å². The number of aryl methyl sites for hydroxylation is 2. The van der Waals surface area contributed by atoms with Crippen LogP contribution in [0.4, 0.5) is 15.2 Å². The summed E-state index contributed by atoms with van der Waals surface area (Å²) in [4.78, 5) is 23.9. The van der Waals surface area contributed by atoms with E-state index in [9.17, 15) is 9.18 Å². The molecule has 156 valence electrons. The summed E-state index contributed by atoms with van der Waals surface area (Å²) < 4.78 is 13.0. The second kappa shape index (κ2) is 9.34. The number of hydrogen-bond donors (Lipinski definition) is 1. The Balaban J connectivity index is 1.40. The van der Waals surface area contributed by atoms with Gasteiger partial charge in [0.25, 0.3) is 0 Å². The lowest BCUT2D eigenvalue weighted by atomic mass is 10.1. The van der Waals surface area contributed by atoms with E-state index in [0.717, 1.165) is 60.0 Å². The lowest BCUT2D eigenvalue weighted by molar-refractivity contribution is -0.132. The highest BCUT2D eigenvalue weighted by atomic mass is 32.1. The number of anilines is 2. The maximum atomic E-state index is 13.0. The third-order valence-corrected chi connectivity index (χ3v) is 6.03. The van der Waals surface area contributed by atoms with E-state index < -0.39 is 0 Å². The first-order valence-electron chi connectivity index (χ1n) is 10.3. The normalized spacial score (nSPS) is 16.1. The first-order valence-corrected chi connectivity index (χ1v) is 11.2. The van der Waals surface area contributed by atoms with Crippen LogP contribution in [0, 0.1) is 12.7 Å². The van der Waals surface area contributed by atoms with Crippen molar-refractivity contribution in [3.8, 4) is 0 Å². The van der Waals surface area contributed by atoms with Crippen LogP contribution < -0.4 is 5.32 Å². The van der Waals surface area contributed by atoms with Crippen molar-refractivity contribution in [3.63, 3.8) is 0 Å². The molecule has 1 aliphatic rings. The van der Waals surface area contributed by atoms with Crippen LogP contribution in [-0.2, 0) is 11.2 Å². The van der Waals surface area contributed by atoms with Crippen molar-refractivity contribution in [2.24, 2.45) is 0 Å². The number of likely N-dealkylation sites (tertiary alicyclic amines) is 1. The minimum atomic E-state index is -0.232. The van der Waals surface area contributed by atoms with E-state index in [-0.39, 0.29) is 17.8 Å². The van der Waals surface area contributed by atoms with Gasteiger partial charge in [0.2, 0.25) is 5.91 Å². The minimum absolute atomic E-state index is 0.0140. The fourth-order valence-electron chi connectivity index (χ4n) is 3.96. The summed E-state index contributed by atoms with van der Waals surface area (Å²) in [6.07, 6.45) is 5.70. The zero-order valence-electron chi connectivity index (χ0n) is 17.0. The zero-order chi connectivity index (χ0) is 20.9. The molecule has 3 aromatic rings. The molecule has 0 saturated carbocycles. The van der Waals surface area contributed by atoms with Crippen molar-refractivity contribution in [2.45, 2.75) is 45.1 Å². The molecule has 0 aliphatic carbocycles. The molecule has 1 atom stereocenters. The Labute approximate surface area is 180 Å². The van der Waals surface area contributed by atoms with Gasteiger partial charge in [-0.25, -0.2) is 9.37 Å². The molecule has 5 nitrogen and oxygen atoms in total. The highest BCUT2D eigenvalue weighted by molar-refractivity contribution is 7.13. The molecule has 7 heteroatoms. The van der Waals surface area contributed by atoms with Gasteiger partial charge in [0.1, 0.15) is 5.82 Å². The molecule has 0 spiro atoms. The Morgan fingerprint density at radius 3 is 2.90 bits per heavy atom. The zero-order valence-corrected chi connectivity index (χ0v) is 17.8. The maximum absolute atomic E-state index is 13.0. The van der Waals surface area contributed by atoms with E-state index in [1.165, 1.54) is 12.1 Å². The molecular formula is C23H25FN4OS. The smallest absolute Gasteiger partial charge is 0.223 e. The molecule has 1 aliphatic heterocycles. The second-order valence-electron chi connectivity index (χ2n) is 7.61. The van der Waals surface area contributed by atoms with Crippen molar-refractivity contribution in [1.29, 1.82) is 0 Å². The number of thiazole rings is 1. The Morgan fingerprint density at radius 1 is 1.30 bits per heavy atom. The Hall–Kier alpha value is -2.80. The Morgan fingerprint density at radius 2 is 2.13 bits per heavy atom. The quantitative estimate of drug-likeness (QED) is 0.551. The third kappa shape index (κ3) is 5.02. The van der Waals surface area contributed by atoms with Crippen LogP contribution in [0.3, 0.4) is 0 Å². The van der Waals surface area contributed by atoms with E-state index in [1.54, 1.807) is 29.7 Å². The van der Waals surface area contributed by atoms with Gasteiger partial charge < -0.3 is 10.2 Å². The highest BCUT2D eigenvalue weighted by Gasteiger charge is 2.30. The fourth-order valence-corrected chi connectivity index (χ4v) is 4.51. The van der Waals surface area contributed by atoms with Gasteiger partial charge in [-0.15, -0.1) is 11.3 Å². The lowest BCUT2D eigenvalue weighted by Crippen LogP contribution is -2.31. The van der Waals surface area contributed by atoms with Gasteiger partial charge >= 0.3 is 0 Å². The highest BCUT2D eigenvalue weighted by Crippen LogP contribution is 2.33. The van der Waals surface area contributed by atoms with Crippen molar-refractivity contribution in [3.05, 3.63) is 70.7 Å². The molecule has 1 unspecified atom stereocenters. The van der Waals surface area contributed by atoms with Crippen LogP contribution in [0.25, 0.3) is 0 Å². The van der Waals surface area contributed by atoms with E-state index in [2.05, 4.69) is 10.3 Å². The summed E-state index contributed by atoms with van der Waals surface area (Å²) in [7, 11) is 0. The standard InChI is InChI=1S/C23H25FN4OS/c1-16-14-19(27-23-25-11-13-30-23)15-20(26-16)21-5-3-12-28(21)22(29)6-2-4-17-7-9-18(24)10-8-17/h7-11,13-15,21H,2-6,12H2,1H3,(H,25,26,27). The third-order valence-electron chi connectivity index (χ3n) is 5.34. The first kappa shape index (κ1) is 20.5. The second-order valence-corrected chi connectivity index (χ2v) is 8.50. The molecule has 1 aromatic carbocycles. The van der Waals surface area contributed by atoms with Crippen molar-refractivity contribution in [1.82, 2.24) is 14.9 Å². The van der Waals surface area contributed by atoms with Gasteiger partial charge in [-0.1, -0.05) is 12.1 Å². The number of halogens is 1. The Bertz CT molecular complexity index is 991. The van der Waals surface area contributed by atoms with Gasteiger partial charge in [-0.3, -0.25) is 9.78 Å². The van der Waals surface area contributed by atoms with Crippen LogP contribution in [0.15, 0.2) is 48.0 Å². The summed E-state index contributed by atoms with van der Waals surface area (Å²) in [5, 5.41) is 6.10. The lowest BCUT2D eigenvalue weighted by Gasteiger charge is -2.25. The molecule has 2 aromatic heterocycles. The summed E-state index contributed by atoms with van der Waals surface area (Å²) in [6.45, 7) is 2.74. The summed E-state index contributed by atoms with van der Waals surface area (Å²) in [5.74, 6) is -0.0681. The fraction of sp³-hybridized carbons (Fsp3) is 0.348. The minimum Gasteiger partial charge on any atom is -0.334 e. The molecule has 0 radical (unpaired) electrons. The number of aromatic nitrogens is 2. The van der Waals surface area contributed by atoms with Gasteiger partial charge in [0.05, 0.1) is 11.7 Å². The van der Waals surface area contributed by atoms with Gasteiger partial charge in [-0.2, -0.15) is 0 Å². The molecule has 1 N–H and O–H groups in total. The molecule has 1 fully saturated rings. The predicted molar refractivity (Wildman–Crippen MR) is 117 cm³/mol. The van der Waals surface area contributed by atoms with E-state index in [0.29, 0.717) is 6.42 Å². The first-order chi connectivity index (χ1) is 14.6. The number of carbonyl (C=O) groups is 1. The van der Waals surface area contributed by atoms with Gasteiger partial charge in [0.15, 0.2) is 5.13 Å². The topological polar surface area (TPSA) is 58.1 Å². The summed E-state index contributed by atoms with van der Waals surface area (Å²) in [6, 6.07) is 10.5. The number of pyridine rings is 1. The van der Waals surface area contributed by atoms with Gasteiger partial charge in [0, 0.05) is 35.9 Å². The molecule has 4 rings (SSSR count). The number of hydrogen-bond acceptors (Lipinski definition) is 5. The van der Waals surface area contributed by atoms with Gasteiger partial charge in [-0.05, 0) is 62.4 Å². The monoisotopic (exact) mass is 424 g/mol. The molecule has 1 amide bonds. The SMILES string of the molecule is Cc1cc(Nc2nccs2)cc(C2CCCN2C(=O)CCCc2ccc(F)cc2)n1. The number of carbonyl (C=O) groups excluding carboxylic acids is 1. The average molecular weight is 425 g/mol. The number of nitrogens with one attached hydrogen (secondary N) is 1. The molecule has 30 heavy (non-hydrogen) atoms. The molecular weight excluding hydrogens is 399 g/mol. The number of benzene rings is 1. The number of rotatable bonds is 7. The number of nitrogens with zero attached hydrogens (tertiary/aromatic N) is 3. The predicted octanol–water partition coefficient (Wildman–Crippen LogP) is 5.42. The van der Waals surface area contributed by atoms with E-state index in [1.807, 2.05) is 29.3 Å². The van der Waals surface area contributed by atoms with Crippen LogP contribution >= 0.6 is 11.3 Å². The Kier molecular flexibility index (Phi) is 6.38. The maximum Gasteiger partial charge on any atom is 0.223 e. The molecule has 0 bridgehead atoms. The van der Waals surface area contributed by atoms with Crippen LogP contribution in [0.1, 0.15) is 48.7 Å². The molecule has 3 heterocycles. The van der Waals surface area contributed by atoms with Crippen molar-refractivity contribution >= 4 is 28.1 Å². The van der Waals surface area contributed by atoms with Crippen LogP contribution in [0.5, 0.6) is 0 Å². The number of amides is 1. The summed E-state index contributed by atoms with van der Waals surface area (Å²) >= 11 is 1.55. The largest absolute Gasteiger partial charge is 0.334 e. The van der Waals surface area contributed by atoms with E-state index in [4.69, 9.17) is 4.98 Å². The van der Waals surface area contributed by atoms with E-state index >= 15 is 0 Å². The van der Waals surface area contributed by atoms with Crippen LogP contribution in [0.2, 0.25) is 0 Å². The average Bonchev–Trinajstić information content (AvgIpc) is 3.41. The molecule has 1 saturated heterocycles.